The van der Waals surface area contributed by atoms with Crippen LogP contribution >= 0.6 is 0 Å². The van der Waals surface area contributed by atoms with Crippen molar-refractivity contribution in [2.24, 2.45) is 0 Å². The molecule has 0 atom stereocenters. The van der Waals surface area contributed by atoms with Gasteiger partial charge in [0.15, 0.2) is 5.82 Å². The second kappa shape index (κ2) is 2.82. The standard InChI is InChI=1S/C6H7N3O/c1-2-7-6(10)5-8-3-4-9-5/h2-4H,1H2,(H,7,10)(H,8,9). The van der Waals surface area contributed by atoms with Crippen molar-refractivity contribution >= 4 is 5.91 Å². The monoisotopic (exact) mass is 137 g/mol. The molecule has 1 amide bonds. The van der Waals surface area contributed by atoms with Crippen LogP contribution in [0.5, 0.6) is 0 Å². The van der Waals surface area contributed by atoms with Gasteiger partial charge in [-0.3, -0.25) is 4.79 Å². The lowest BCUT2D eigenvalue weighted by molar-refractivity contribution is 0.0961. The molecule has 10 heavy (non-hydrogen) atoms. The van der Waals surface area contributed by atoms with Crippen LogP contribution in [-0.4, -0.2) is 15.9 Å². The van der Waals surface area contributed by atoms with E-state index in [0.29, 0.717) is 5.82 Å². The Kier molecular flexibility index (Phi) is 1.84. The molecule has 4 nitrogen and oxygen atoms in total. The minimum Gasteiger partial charge on any atom is -0.341 e. The quantitative estimate of drug-likeness (QED) is 0.615. The van der Waals surface area contributed by atoms with Gasteiger partial charge in [-0.1, -0.05) is 6.58 Å². The number of carbonyl (C=O) groups excluding carboxylic acids is 1. The molecule has 0 bridgehead atoms. The summed E-state index contributed by atoms with van der Waals surface area (Å²) >= 11 is 0. The highest BCUT2D eigenvalue weighted by atomic mass is 16.2. The Morgan fingerprint density at radius 3 is 3.20 bits per heavy atom. The molecule has 52 valence electrons. The number of aromatic nitrogens is 2. The van der Waals surface area contributed by atoms with Gasteiger partial charge in [-0.05, 0) is 6.20 Å². The summed E-state index contributed by atoms with van der Waals surface area (Å²) < 4.78 is 0. The molecule has 1 heterocycles. The van der Waals surface area contributed by atoms with E-state index in [2.05, 4.69) is 21.9 Å². The minimum atomic E-state index is -0.278. The Balaban J connectivity index is 2.68. The average Bonchev–Trinajstić information content (AvgIpc) is 2.38. The number of hydrogen-bond donors (Lipinski definition) is 2. The van der Waals surface area contributed by atoms with Crippen LogP contribution in [0.3, 0.4) is 0 Å². The van der Waals surface area contributed by atoms with Gasteiger partial charge in [-0.15, -0.1) is 0 Å². The predicted molar refractivity (Wildman–Crippen MR) is 36.3 cm³/mol. The molecule has 0 aliphatic rings. The van der Waals surface area contributed by atoms with E-state index in [0.717, 1.165) is 0 Å². The van der Waals surface area contributed by atoms with E-state index >= 15 is 0 Å². The molecule has 0 unspecified atom stereocenters. The van der Waals surface area contributed by atoms with Crippen LogP contribution in [0.1, 0.15) is 10.6 Å². The van der Waals surface area contributed by atoms with Crippen molar-refractivity contribution in [1.82, 2.24) is 15.3 Å². The number of carbonyl (C=O) groups is 1. The van der Waals surface area contributed by atoms with Gasteiger partial charge in [0.05, 0.1) is 0 Å². The molecule has 1 rings (SSSR count). The van der Waals surface area contributed by atoms with Gasteiger partial charge in [-0.2, -0.15) is 0 Å². The number of nitrogens with zero attached hydrogens (tertiary/aromatic N) is 1. The van der Waals surface area contributed by atoms with Gasteiger partial charge < -0.3 is 10.3 Å². The third-order valence-electron chi connectivity index (χ3n) is 0.946. The Bertz CT molecular complexity index is 227. The van der Waals surface area contributed by atoms with E-state index in [9.17, 15) is 4.79 Å². The molecule has 1 aromatic rings. The maximum atomic E-state index is 10.8. The van der Waals surface area contributed by atoms with Crippen molar-refractivity contribution in [2.75, 3.05) is 0 Å². The minimum absolute atomic E-state index is 0.278. The van der Waals surface area contributed by atoms with Crippen molar-refractivity contribution in [2.45, 2.75) is 0 Å². The molecule has 2 N–H and O–H groups in total. The normalized spacial score (nSPS) is 8.80. The zero-order valence-electron chi connectivity index (χ0n) is 5.29. The Morgan fingerprint density at radius 1 is 1.90 bits per heavy atom. The molecule has 0 spiro atoms. The number of rotatable bonds is 2. The van der Waals surface area contributed by atoms with Crippen molar-refractivity contribution in [3.63, 3.8) is 0 Å². The molecular weight excluding hydrogens is 130 g/mol. The number of aromatic amines is 1. The summed E-state index contributed by atoms with van der Waals surface area (Å²) in [7, 11) is 0. The molecule has 0 aliphatic heterocycles. The van der Waals surface area contributed by atoms with Crippen LogP contribution in [0.4, 0.5) is 0 Å². The largest absolute Gasteiger partial charge is 0.341 e. The van der Waals surface area contributed by atoms with E-state index in [4.69, 9.17) is 0 Å². The highest BCUT2D eigenvalue weighted by Crippen LogP contribution is 1.86. The lowest BCUT2D eigenvalue weighted by Gasteiger charge is -1.91. The molecule has 0 fully saturated rings. The van der Waals surface area contributed by atoms with E-state index < -0.39 is 0 Å². The van der Waals surface area contributed by atoms with Crippen LogP contribution in [0.15, 0.2) is 25.2 Å². The first kappa shape index (κ1) is 6.54. The zero-order chi connectivity index (χ0) is 7.40. The van der Waals surface area contributed by atoms with Gasteiger partial charge in [0.2, 0.25) is 0 Å². The third kappa shape index (κ3) is 1.22. The second-order valence-electron chi connectivity index (χ2n) is 1.62. The van der Waals surface area contributed by atoms with E-state index in [1.165, 1.54) is 12.4 Å². The number of nitrogens with one attached hydrogen (secondary N) is 2. The predicted octanol–water partition coefficient (Wildman–Crippen LogP) is 0.283. The molecule has 0 aromatic carbocycles. The number of amides is 1. The zero-order valence-corrected chi connectivity index (χ0v) is 5.29. The van der Waals surface area contributed by atoms with Crippen molar-refractivity contribution in [3.05, 3.63) is 31.0 Å². The van der Waals surface area contributed by atoms with Gasteiger partial charge in [0.25, 0.3) is 5.91 Å². The van der Waals surface area contributed by atoms with E-state index in [1.54, 1.807) is 6.20 Å². The molecule has 0 saturated carbocycles. The summed E-state index contributed by atoms with van der Waals surface area (Å²) in [5.74, 6) is 0.0138. The number of H-pyrrole nitrogens is 1. The SMILES string of the molecule is C=CNC(=O)c1ncc[nH]1. The molecule has 0 saturated heterocycles. The summed E-state index contributed by atoms with van der Waals surface area (Å²) in [6, 6.07) is 0. The summed E-state index contributed by atoms with van der Waals surface area (Å²) in [6.07, 6.45) is 4.40. The summed E-state index contributed by atoms with van der Waals surface area (Å²) in [5, 5.41) is 2.38. The topological polar surface area (TPSA) is 57.8 Å². The highest BCUT2D eigenvalue weighted by Gasteiger charge is 2.02. The van der Waals surface area contributed by atoms with Crippen LogP contribution in [-0.2, 0) is 0 Å². The highest BCUT2D eigenvalue weighted by molar-refractivity contribution is 5.90. The maximum Gasteiger partial charge on any atom is 0.290 e. The molecule has 1 aromatic heterocycles. The Labute approximate surface area is 58.0 Å². The van der Waals surface area contributed by atoms with E-state index in [1.807, 2.05) is 0 Å². The molecule has 0 aliphatic carbocycles. The van der Waals surface area contributed by atoms with Crippen molar-refractivity contribution in [3.8, 4) is 0 Å². The number of hydrogen-bond acceptors (Lipinski definition) is 2. The van der Waals surface area contributed by atoms with Gasteiger partial charge in [0.1, 0.15) is 0 Å². The fourth-order valence-corrected chi connectivity index (χ4v) is 0.551. The lowest BCUT2D eigenvalue weighted by atomic mass is 10.6. The van der Waals surface area contributed by atoms with Gasteiger partial charge >= 0.3 is 0 Å². The fourth-order valence-electron chi connectivity index (χ4n) is 0.551. The van der Waals surface area contributed by atoms with Crippen LogP contribution in [0.2, 0.25) is 0 Å². The van der Waals surface area contributed by atoms with Gasteiger partial charge in [0, 0.05) is 12.4 Å². The fraction of sp³-hybridized carbons (Fsp3) is 0. The lowest BCUT2D eigenvalue weighted by Crippen LogP contribution is -2.17. The average molecular weight is 137 g/mol. The smallest absolute Gasteiger partial charge is 0.290 e. The molecule has 4 heteroatoms. The second-order valence-corrected chi connectivity index (χ2v) is 1.62. The third-order valence-corrected chi connectivity index (χ3v) is 0.946. The molecular formula is C6H7N3O. The summed E-state index contributed by atoms with van der Waals surface area (Å²) in [5.41, 5.74) is 0. The Hall–Kier alpha value is -1.58. The first-order valence-corrected chi connectivity index (χ1v) is 2.75. The van der Waals surface area contributed by atoms with Crippen LogP contribution in [0, 0.1) is 0 Å². The van der Waals surface area contributed by atoms with Crippen LogP contribution in [0.25, 0.3) is 0 Å². The first-order valence-electron chi connectivity index (χ1n) is 2.75. The van der Waals surface area contributed by atoms with E-state index in [-0.39, 0.29) is 5.91 Å². The summed E-state index contributed by atoms with van der Waals surface area (Å²) in [4.78, 5) is 17.2. The maximum absolute atomic E-state index is 10.8. The molecule has 0 radical (unpaired) electrons. The summed E-state index contributed by atoms with van der Waals surface area (Å²) in [6.45, 7) is 3.34. The van der Waals surface area contributed by atoms with Gasteiger partial charge in [-0.25, -0.2) is 4.98 Å². The van der Waals surface area contributed by atoms with Crippen molar-refractivity contribution in [1.29, 1.82) is 0 Å². The first-order chi connectivity index (χ1) is 4.84. The number of imidazole rings is 1. The van der Waals surface area contributed by atoms with Crippen molar-refractivity contribution < 1.29 is 4.79 Å². The Morgan fingerprint density at radius 2 is 2.70 bits per heavy atom. The van der Waals surface area contributed by atoms with Crippen LogP contribution < -0.4 is 5.32 Å².